The van der Waals surface area contributed by atoms with Gasteiger partial charge in [0.1, 0.15) is 12.2 Å². The van der Waals surface area contributed by atoms with Crippen molar-refractivity contribution in [2.24, 2.45) is 10.7 Å². The van der Waals surface area contributed by atoms with Gasteiger partial charge < -0.3 is 19.5 Å². The van der Waals surface area contributed by atoms with Gasteiger partial charge in [-0.3, -0.25) is 4.79 Å². The molecule has 0 spiro atoms. The highest BCUT2D eigenvalue weighted by Crippen LogP contribution is 2.33. The number of amidine groups is 1. The van der Waals surface area contributed by atoms with Crippen LogP contribution < -0.4 is 15.9 Å². The summed E-state index contributed by atoms with van der Waals surface area (Å²) in [5.74, 6) is 0.906. The topological polar surface area (TPSA) is 95.6 Å². The summed E-state index contributed by atoms with van der Waals surface area (Å²) in [4.78, 5) is 22.0. The van der Waals surface area contributed by atoms with Gasteiger partial charge in [-0.1, -0.05) is 42.5 Å². The Balaban J connectivity index is 0.00000180. The maximum Gasteiger partial charge on any atom is 0.235 e. The molecule has 0 unspecified atom stereocenters. The number of aliphatic imine (C=N–C) groups is 1. The maximum absolute atomic E-state index is 13.6. The van der Waals surface area contributed by atoms with Crippen molar-refractivity contribution >= 4 is 47.3 Å². The molecule has 184 valence electrons. The Hall–Kier alpha value is -4.07. The van der Waals surface area contributed by atoms with Crippen LogP contribution in [0.5, 0.6) is 5.75 Å². The van der Waals surface area contributed by atoms with Crippen molar-refractivity contribution in [3.63, 3.8) is 0 Å². The first kappa shape index (κ1) is 26.5. The summed E-state index contributed by atoms with van der Waals surface area (Å²) in [5, 5.41) is 0.375. The lowest BCUT2D eigenvalue weighted by atomic mass is 10.1. The van der Waals surface area contributed by atoms with Crippen LogP contribution in [0.15, 0.2) is 106 Å². The number of nitrogens with two attached hydrogens (primary N) is 1. The van der Waals surface area contributed by atoms with Crippen LogP contribution in [0.25, 0.3) is 28.0 Å². The van der Waals surface area contributed by atoms with Crippen molar-refractivity contribution in [2.45, 2.75) is 13.5 Å². The average Bonchev–Trinajstić information content (AvgIpc) is 3.39. The Morgan fingerprint density at radius 2 is 1.86 bits per heavy atom. The van der Waals surface area contributed by atoms with E-state index in [0.717, 1.165) is 11.3 Å². The Kier molecular flexibility index (Phi) is 8.53. The first-order valence-electron chi connectivity index (χ1n) is 10.8. The molecule has 7 nitrogen and oxygen atoms in total. The van der Waals surface area contributed by atoms with Gasteiger partial charge in [-0.2, -0.15) is 0 Å². The monoisotopic (exact) mass is 522 g/mol. The third-order valence-corrected chi connectivity index (χ3v) is 5.27. The number of ether oxygens (including phenoxy) is 1. The summed E-state index contributed by atoms with van der Waals surface area (Å²) in [6.07, 6.45) is 5.27. The van der Waals surface area contributed by atoms with Gasteiger partial charge in [0.15, 0.2) is 5.76 Å². The lowest BCUT2D eigenvalue weighted by Gasteiger charge is -2.13. The molecule has 0 fully saturated rings. The second-order valence-electron chi connectivity index (χ2n) is 7.82. The molecule has 3 aromatic carbocycles. The van der Waals surface area contributed by atoms with Gasteiger partial charge in [0.05, 0.1) is 23.2 Å². The highest BCUT2D eigenvalue weighted by Gasteiger charge is 2.19. The van der Waals surface area contributed by atoms with Crippen molar-refractivity contribution < 1.29 is 9.15 Å². The third kappa shape index (κ3) is 5.59. The SMILES string of the molecule is CC(N)=Nc1ccc2oc(-c3cccc(-n4ccnc4)c3)c(OCc3ccccc3)c(=O)c2c1.Cl.Cl. The zero-order chi connectivity index (χ0) is 23.5. The molecule has 2 aromatic heterocycles. The zero-order valence-electron chi connectivity index (χ0n) is 19.3. The maximum atomic E-state index is 13.6. The minimum absolute atomic E-state index is 0. The normalized spacial score (nSPS) is 11.0. The van der Waals surface area contributed by atoms with E-state index in [9.17, 15) is 4.79 Å². The lowest BCUT2D eigenvalue weighted by molar-refractivity contribution is 0.298. The summed E-state index contributed by atoms with van der Waals surface area (Å²) < 4.78 is 14.2. The first-order chi connectivity index (χ1) is 16.6. The average molecular weight is 523 g/mol. The lowest BCUT2D eigenvalue weighted by Crippen LogP contribution is -2.10. The zero-order valence-corrected chi connectivity index (χ0v) is 21.0. The number of benzene rings is 3. The fourth-order valence-corrected chi connectivity index (χ4v) is 3.71. The van der Waals surface area contributed by atoms with Gasteiger partial charge in [0.2, 0.25) is 11.2 Å². The van der Waals surface area contributed by atoms with E-state index in [1.165, 1.54) is 0 Å². The van der Waals surface area contributed by atoms with Crippen LogP contribution >= 0.6 is 24.8 Å². The van der Waals surface area contributed by atoms with Crippen molar-refractivity contribution in [1.29, 1.82) is 0 Å². The highest BCUT2D eigenvalue weighted by atomic mass is 35.5. The molecule has 0 saturated heterocycles. The predicted molar refractivity (Wildman–Crippen MR) is 147 cm³/mol. The standard InChI is InChI=1S/C27H22N4O3.2ClH/c1-18(28)30-21-10-11-24-23(15-21)25(32)27(33-16-19-6-3-2-4-7-19)26(34-24)20-8-5-9-22(14-20)31-13-12-29-17-31;;/h2-15,17H,16H2,1H3,(H2,28,30);2*1H. The molecule has 0 atom stereocenters. The van der Waals surface area contributed by atoms with Crippen LogP contribution in [0.2, 0.25) is 0 Å². The van der Waals surface area contributed by atoms with Crippen LogP contribution in [0, 0.1) is 0 Å². The Bertz CT molecular complexity index is 1550. The molecule has 2 N–H and O–H groups in total. The fourth-order valence-electron chi connectivity index (χ4n) is 3.71. The molecule has 9 heteroatoms. The van der Waals surface area contributed by atoms with Crippen LogP contribution in [0.3, 0.4) is 0 Å². The van der Waals surface area contributed by atoms with Gasteiger partial charge in [-0.25, -0.2) is 9.98 Å². The number of rotatable bonds is 6. The molecule has 2 heterocycles. The fraction of sp³-hybridized carbons (Fsp3) is 0.0741. The van der Waals surface area contributed by atoms with Gasteiger partial charge in [0.25, 0.3) is 0 Å². The minimum Gasteiger partial charge on any atom is -0.481 e. The summed E-state index contributed by atoms with van der Waals surface area (Å²) >= 11 is 0. The van der Waals surface area contributed by atoms with Crippen LogP contribution in [-0.4, -0.2) is 15.4 Å². The molecule has 5 aromatic rings. The van der Waals surface area contributed by atoms with Gasteiger partial charge in [-0.15, -0.1) is 24.8 Å². The Labute approximate surface area is 220 Å². The van der Waals surface area contributed by atoms with Gasteiger partial charge >= 0.3 is 0 Å². The molecule has 0 aliphatic carbocycles. The molecule has 0 amide bonds. The molecule has 0 bridgehead atoms. The van der Waals surface area contributed by atoms with Gasteiger partial charge in [-0.05, 0) is 42.8 Å². The number of halogens is 2. The van der Waals surface area contributed by atoms with Gasteiger partial charge in [0, 0.05) is 23.6 Å². The summed E-state index contributed by atoms with van der Waals surface area (Å²) in [5.41, 5.74) is 9.00. The van der Waals surface area contributed by atoms with E-state index in [-0.39, 0.29) is 42.6 Å². The molecular weight excluding hydrogens is 499 g/mol. The van der Waals surface area contributed by atoms with E-state index in [2.05, 4.69) is 9.98 Å². The van der Waals surface area contributed by atoms with E-state index in [4.69, 9.17) is 14.9 Å². The number of fused-ring (bicyclic) bond motifs is 1. The number of imidazole rings is 1. The summed E-state index contributed by atoms with van der Waals surface area (Å²) in [7, 11) is 0. The van der Waals surface area contributed by atoms with E-state index >= 15 is 0 Å². The summed E-state index contributed by atoms with van der Waals surface area (Å²) in [6.45, 7) is 1.92. The largest absolute Gasteiger partial charge is 0.481 e. The summed E-state index contributed by atoms with van der Waals surface area (Å²) in [6, 6.07) is 22.5. The van der Waals surface area contributed by atoms with Crippen molar-refractivity contribution in [3.05, 3.63) is 107 Å². The second kappa shape index (κ2) is 11.6. The van der Waals surface area contributed by atoms with E-state index in [1.807, 2.05) is 65.4 Å². The van der Waals surface area contributed by atoms with E-state index < -0.39 is 0 Å². The van der Waals surface area contributed by atoms with E-state index in [1.54, 1.807) is 37.6 Å². The number of hydrogen-bond acceptors (Lipinski definition) is 5. The van der Waals surface area contributed by atoms with Crippen LogP contribution in [0.4, 0.5) is 5.69 Å². The van der Waals surface area contributed by atoms with Crippen molar-refractivity contribution in [3.8, 4) is 22.8 Å². The molecule has 0 radical (unpaired) electrons. The molecule has 0 saturated carbocycles. The Morgan fingerprint density at radius 3 is 2.58 bits per heavy atom. The predicted octanol–water partition coefficient (Wildman–Crippen LogP) is 6.08. The third-order valence-electron chi connectivity index (χ3n) is 5.27. The quantitative estimate of drug-likeness (QED) is 0.215. The van der Waals surface area contributed by atoms with Crippen molar-refractivity contribution in [2.75, 3.05) is 0 Å². The highest BCUT2D eigenvalue weighted by molar-refractivity contribution is 5.87. The number of aromatic nitrogens is 2. The van der Waals surface area contributed by atoms with Crippen LogP contribution in [0.1, 0.15) is 12.5 Å². The molecular formula is C27H24Cl2N4O3. The molecule has 5 rings (SSSR count). The smallest absolute Gasteiger partial charge is 0.235 e. The first-order valence-corrected chi connectivity index (χ1v) is 10.8. The van der Waals surface area contributed by atoms with Crippen molar-refractivity contribution in [1.82, 2.24) is 9.55 Å². The Morgan fingerprint density at radius 1 is 1.06 bits per heavy atom. The molecule has 36 heavy (non-hydrogen) atoms. The molecule has 0 aliphatic rings. The second-order valence-corrected chi connectivity index (χ2v) is 7.82. The van der Waals surface area contributed by atoms with E-state index in [0.29, 0.717) is 33.8 Å². The van der Waals surface area contributed by atoms with Crippen LogP contribution in [-0.2, 0) is 6.61 Å². The molecule has 0 aliphatic heterocycles. The number of nitrogens with zero attached hydrogens (tertiary/aromatic N) is 3. The number of hydrogen-bond donors (Lipinski definition) is 1. The minimum atomic E-state index is -0.271.